The van der Waals surface area contributed by atoms with Crippen molar-refractivity contribution in [1.82, 2.24) is 5.32 Å². The van der Waals surface area contributed by atoms with Crippen molar-refractivity contribution < 1.29 is 23.5 Å². The van der Waals surface area contributed by atoms with Crippen molar-refractivity contribution in [2.75, 3.05) is 11.9 Å². The van der Waals surface area contributed by atoms with Crippen molar-refractivity contribution in [3.05, 3.63) is 58.2 Å². The molecule has 170 valence electrons. The SMILES string of the molecule is CC(=Cc1c(C)c(F)c(-c2ccc(NC3CCCC3)cc2)c(C)c1F)C(=O)NCC(=O)O. The van der Waals surface area contributed by atoms with Crippen LogP contribution in [0.4, 0.5) is 14.5 Å². The van der Waals surface area contributed by atoms with E-state index in [9.17, 15) is 9.59 Å². The Morgan fingerprint density at radius 2 is 1.69 bits per heavy atom. The molecular weight excluding hydrogens is 414 g/mol. The Morgan fingerprint density at radius 1 is 1.06 bits per heavy atom. The largest absolute Gasteiger partial charge is 0.480 e. The standard InChI is InChI=1S/C25H28F2N2O3/c1-14(25(32)28-13-21(30)31)12-20-15(2)24(27)22(16(3)23(20)26)17-8-10-19(11-9-17)29-18-6-4-5-7-18/h8-12,18,29H,4-7,13H2,1-3H3,(H,28,32)(H,30,31). The molecule has 32 heavy (non-hydrogen) atoms. The van der Waals surface area contributed by atoms with Crippen LogP contribution in [0.15, 0.2) is 29.8 Å². The van der Waals surface area contributed by atoms with Crippen molar-refractivity contribution in [1.29, 1.82) is 0 Å². The fourth-order valence-electron chi connectivity index (χ4n) is 4.08. The average Bonchev–Trinajstić information content (AvgIpc) is 3.27. The zero-order valence-corrected chi connectivity index (χ0v) is 18.5. The highest BCUT2D eigenvalue weighted by Gasteiger charge is 2.21. The third-order valence-electron chi connectivity index (χ3n) is 5.91. The number of carboxylic acid groups (broad SMARTS) is 1. The molecular formula is C25H28F2N2O3. The fourth-order valence-corrected chi connectivity index (χ4v) is 4.08. The van der Waals surface area contributed by atoms with E-state index in [4.69, 9.17) is 5.11 Å². The molecule has 0 unspecified atom stereocenters. The minimum Gasteiger partial charge on any atom is -0.480 e. The van der Waals surface area contributed by atoms with Crippen molar-refractivity contribution >= 4 is 23.6 Å². The highest BCUT2D eigenvalue weighted by molar-refractivity contribution is 5.98. The van der Waals surface area contributed by atoms with Crippen molar-refractivity contribution in [3.63, 3.8) is 0 Å². The number of hydrogen-bond acceptors (Lipinski definition) is 3. The van der Waals surface area contributed by atoms with E-state index in [2.05, 4.69) is 10.6 Å². The predicted molar refractivity (Wildman–Crippen MR) is 121 cm³/mol. The van der Waals surface area contributed by atoms with Crippen molar-refractivity contribution in [2.45, 2.75) is 52.5 Å². The highest BCUT2D eigenvalue weighted by Crippen LogP contribution is 2.35. The molecule has 1 aliphatic carbocycles. The maximum atomic E-state index is 15.3. The monoisotopic (exact) mass is 442 g/mol. The number of halogens is 2. The second kappa shape index (κ2) is 9.94. The van der Waals surface area contributed by atoms with Crippen LogP contribution in [0.5, 0.6) is 0 Å². The van der Waals surface area contributed by atoms with E-state index >= 15 is 8.78 Å². The lowest BCUT2D eigenvalue weighted by molar-refractivity contribution is -0.137. The zero-order chi connectivity index (χ0) is 23.4. The molecule has 5 nitrogen and oxygen atoms in total. The number of carbonyl (C=O) groups excluding carboxylic acids is 1. The number of carbonyl (C=O) groups is 2. The second-order valence-electron chi connectivity index (χ2n) is 8.27. The number of anilines is 1. The molecule has 0 spiro atoms. The lowest BCUT2D eigenvalue weighted by Crippen LogP contribution is -2.29. The molecule has 7 heteroatoms. The summed E-state index contributed by atoms with van der Waals surface area (Å²) in [5, 5.41) is 14.4. The van der Waals surface area contributed by atoms with E-state index in [0.717, 1.165) is 18.5 Å². The van der Waals surface area contributed by atoms with Gasteiger partial charge in [0.2, 0.25) is 5.91 Å². The molecule has 2 aromatic rings. The van der Waals surface area contributed by atoms with Gasteiger partial charge in [-0.3, -0.25) is 9.59 Å². The number of nitrogens with one attached hydrogen (secondary N) is 2. The first-order chi connectivity index (χ1) is 15.2. The summed E-state index contributed by atoms with van der Waals surface area (Å²) in [5.74, 6) is -3.01. The van der Waals surface area contributed by atoms with Crippen LogP contribution in [0.2, 0.25) is 0 Å². The molecule has 3 N–H and O–H groups in total. The lowest BCUT2D eigenvalue weighted by Gasteiger charge is -2.17. The van der Waals surface area contributed by atoms with Crippen LogP contribution >= 0.6 is 0 Å². The minimum absolute atomic E-state index is 0.0220. The van der Waals surface area contributed by atoms with Crippen molar-refractivity contribution in [3.8, 4) is 11.1 Å². The molecule has 0 saturated heterocycles. The van der Waals surface area contributed by atoms with E-state index in [1.54, 1.807) is 12.1 Å². The normalized spacial score (nSPS) is 14.5. The van der Waals surface area contributed by atoms with Crippen LogP contribution in [0, 0.1) is 25.5 Å². The van der Waals surface area contributed by atoms with E-state index in [1.165, 1.54) is 39.7 Å². The molecule has 3 rings (SSSR count). The molecule has 1 fully saturated rings. The van der Waals surface area contributed by atoms with Gasteiger partial charge in [0.15, 0.2) is 0 Å². The Morgan fingerprint density at radius 3 is 2.28 bits per heavy atom. The summed E-state index contributed by atoms with van der Waals surface area (Å²) < 4.78 is 30.6. The second-order valence-corrected chi connectivity index (χ2v) is 8.27. The molecule has 1 aliphatic rings. The summed E-state index contributed by atoms with van der Waals surface area (Å²) in [7, 11) is 0. The van der Waals surface area contributed by atoms with Gasteiger partial charge in [-0.25, -0.2) is 8.78 Å². The van der Waals surface area contributed by atoms with Gasteiger partial charge in [-0.1, -0.05) is 25.0 Å². The number of benzene rings is 2. The van der Waals surface area contributed by atoms with Crippen LogP contribution < -0.4 is 10.6 Å². The van der Waals surface area contributed by atoms with Crippen molar-refractivity contribution in [2.24, 2.45) is 0 Å². The first kappa shape index (κ1) is 23.4. The van der Waals surface area contributed by atoms with E-state index in [0.29, 0.717) is 11.6 Å². The summed E-state index contributed by atoms with van der Waals surface area (Å²) in [6.07, 6.45) is 5.97. The maximum absolute atomic E-state index is 15.3. The first-order valence-electron chi connectivity index (χ1n) is 10.7. The van der Waals surface area contributed by atoms with E-state index < -0.39 is 30.1 Å². The van der Waals surface area contributed by atoms with E-state index in [-0.39, 0.29) is 27.8 Å². The zero-order valence-electron chi connectivity index (χ0n) is 18.5. The summed E-state index contributed by atoms with van der Waals surface area (Å²) in [4.78, 5) is 22.6. The minimum atomic E-state index is -1.19. The molecule has 0 aromatic heterocycles. The summed E-state index contributed by atoms with van der Waals surface area (Å²) in [6, 6.07) is 7.78. The first-order valence-corrected chi connectivity index (χ1v) is 10.7. The van der Waals surface area contributed by atoms with Gasteiger partial charge in [-0.05, 0) is 68.5 Å². The molecule has 0 radical (unpaired) electrons. The summed E-state index contributed by atoms with van der Waals surface area (Å²) in [5.41, 5.74) is 2.02. The molecule has 2 aromatic carbocycles. The number of amides is 1. The molecule has 0 heterocycles. The number of rotatable bonds is 7. The Balaban J connectivity index is 1.90. The fraction of sp³-hybridized carbons (Fsp3) is 0.360. The summed E-state index contributed by atoms with van der Waals surface area (Å²) >= 11 is 0. The average molecular weight is 443 g/mol. The van der Waals surface area contributed by atoms with Crippen LogP contribution in [0.25, 0.3) is 17.2 Å². The van der Waals surface area contributed by atoms with Gasteiger partial charge in [0, 0.05) is 28.4 Å². The topological polar surface area (TPSA) is 78.4 Å². The third-order valence-corrected chi connectivity index (χ3v) is 5.91. The number of hydrogen-bond donors (Lipinski definition) is 3. The van der Waals surface area contributed by atoms with Crippen LogP contribution in [-0.2, 0) is 9.59 Å². The van der Waals surface area contributed by atoms with Gasteiger partial charge in [0.25, 0.3) is 0 Å². The smallest absolute Gasteiger partial charge is 0.322 e. The Labute approximate surface area is 186 Å². The molecule has 0 atom stereocenters. The third kappa shape index (κ3) is 5.15. The highest BCUT2D eigenvalue weighted by atomic mass is 19.1. The number of aliphatic carboxylic acids is 1. The molecule has 0 bridgehead atoms. The molecule has 1 amide bonds. The molecule has 0 aliphatic heterocycles. The van der Waals surface area contributed by atoms with Gasteiger partial charge in [0.1, 0.15) is 18.2 Å². The van der Waals surface area contributed by atoms with Crippen LogP contribution in [0.1, 0.15) is 49.3 Å². The van der Waals surface area contributed by atoms with Crippen LogP contribution in [-0.4, -0.2) is 29.6 Å². The van der Waals surface area contributed by atoms with Gasteiger partial charge in [-0.15, -0.1) is 0 Å². The van der Waals surface area contributed by atoms with Gasteiger partial charge >= 0.3 is 5.97 Å². The lowest BCUT2D eigenvalue weighted by atomic mass is 9.92. The Bertz CT molecular complexity index is 1030. The summed E-state index contributed by atoms with van der Waals surface area (Å²) in [6.45, 7) is 3.84. The Hall–Kier alpha value is -3.22. The quantitative estimate of drug-likeness (QED) is 0.515. The predicted octanol–water partition coefficient (Wildman–Crippen LogP) is 5.21. The number of carboxylic acids is 1. The van der Waals surface area contributed by atoms with Gasteiger partial charge in [0.05, 0.1) is 0 Å². The van der Waals surface area contributed by atoms with E-state index in [1.807, 2.05) is 12.1 Å². The van der Waals surface area contributed by atoms with Crippen LogP contribution in [0.3, 0.4) is 0 Å². The maximum Gasteiger partial charge on any atom is 0.322 e. The van der Waals surface area contributed by atoms with Gasteiger partial charge < -0.3 is 15.7 Å². The Kier molecular flexibility index (Phi) is 7.28. The van der Waals surface area contributed by atoms with Gasteiger partial charge in [-0.2, -0.15) is 0 Å². The molecule has 1 saturated carbocycles.